The van der Waals surface area contributed by atoms with Crippen LogP contribution in [0.3, 0.4) is 0 Å². The molecule has 0 aliphatic rings. The summed E-state index contributed by atoms with van der Waals surface area (Å²) in [7, 11) is 0. The number of nitrogens with zero attached hydrogens (tertiary/aromatic N) is 1. The average molecular weight is 316 g/mol. The fraction of sp³-hybridized carbons (Fsp3) is 0.250. The van der Waals surface area contributed by atoms with E-state index in [1.54, 1.807) is 16.7 Å². The molecule has 0 aliphatic heterocycles. The van der Waals surface area contributed by atoms with Crippen LogP contribution in [0.2, 0.25) is 0 Å². The Balaban J connectivity index is 2.38. The quantitative estimate of drug-likeness (QED) is 0.831. The Labute approximate surface area is 111 Å². The second kappa shape index (κ2) is 4.74. The van der Waals surface area contributed by atoms with Crippen molar-refractivity contribution in [3.63, 3.8) is 0 Å². The van der Waals surface area contributed by atoms with Crippen LogP contribution in [0.4, 0.5) is 4.39 Å². The summed E-state index contributed by atoms with van der Waals surface area (Å²) in [5.74, 6) is -0.292. The van der Waals surface area contributed by atoms with Crippen molar-refractivity contribution in [3.05, 3.63) is 54.3 Å². The summed E-state index contributed by atoms with van der Waals surface area (Å²) in [5, 5.41) is 0. The van der Waals surface area contributed by atoms with E-state index in [4.69, 9.17) is 0 Å². The highest BCUT2D eigenvalue weighted by molar-refractivity contribution is 9.10. The zero-order valence-corrected chi connectivity index (χ0v) is 11.9. The minimum absolute atomic E-state index is 0.0282. The number of thiazole rings is 1. The SMILES string of the molecule is Cc1sc(=O)n(Cc2ccc(F)c(Br)c2)c1C. The number of halogens is 2. The van der Waals surface area contributed by atoms with Crippen LogP contribution in [0.15, 0.2) is 27.5 Å². The van der Waals surface area contributed by atoms with E-state index in [0.29, 0.717) is 11.0 Å². The number of hydrogen-bond acceptors (Lipinski definition) is 2. The van der Waals surface area contributed by atoms with E-state index in [1.165, 1.54) is 17.4 Å². The van der Waals surface area contributed by atoms with Gasteiger partial charge in [0.1, 0.15) is 5.82 Å². The lowest BCUT2D eigenvalue weighted by molar-refractivity contribution is 0.619. The molecule has 0 unspecified atom stereocenters. The van der Waals surface area contributed by atoms with Gasteiger partial charge in [0.15, 0.2) is 0 Å². The number of aromatic nitrogens is 1. The molecule has 2 aromatic rings. The summed E-state index contributed by atoms with van der Waals surface area (Å²) >= 11 is 4.39. The third-order valence-electron chi connectivity index (χ3n) is 2.70. The predicted octanol–water partition coefficient (Wildman–Crippen LogP) is 3.48. The Bertz CT molecular complexity index is 617. The van der Waals surface area contributed by atoms with Crippen LogP contribution in [0.1, 0.15) is 16.1 Å². The van der Waals surface area contributed by atoms with E-state index >= 15 is 0 Å². The molecule has 1 heterocycles. The van der Waals surface area contributed by atoms with Crippen molar-refractivity contribution < 1.29 is 4.39 Å². The Morgan fingerprint density at radius 3 is 2.65 bits per heavy atom. The molecule has 1 aromatic heterocycles. The van der Waals surface area contributed by atoms with Crippen molar-refractivity contribution in [1.29, 1.82) is 0 Å². The number of aryl methyl sites for hydroxylation is 1. The van der Waals surface area contributed by atoms with Crippen molar-refractivity contribution in [1.82, 2.24) is 4.57 Å². The van der Waals surface area contributed by atoms with Crippen molar-refractivity contribution in [2.24, 2.45) is 0 Å². The van der Waals surface area contributed by atoms with Crippen LogP contribution in [-0.4, -0.2) is 4.57 Å². The first-order chi connectivity index (χ1) is 7.99. The summed E-state index contributed by atoms with van der Waals surface area (Å²) in [4.78, 5) is 12.8. The standard InChI is InChI=1S/C12H11BrFNOS/c1-7-8(2)17-12(16)15(7)6-9-3-4-11(14)10(13)5-9/h3-5H,6H2,1-2H3. The first-order valence-corrected chi connectivity index (χ1v) is 6.70. The number of rotatable bonds is 2. The van der Waals surface area contributed by atoms with E-state index in [2.05, 4.69) is 15.9 Å². The average Bonchev–Trinajstić information content (AvgIpc) is 2.50. The van der Waals surface area contributed by atoms with Gasteiger partial charge in [0.25, 0.3) is 0 Å². The van der Waals surface area contributed by atoms with E-state index in [-0.39, 0.29) is 10.7 Å². The van der Waals surface area contributed by atoms with Crippen LogP contribution >= 0.6 is 27.3 Å². The van der Waals surface area contributed by atoms with Crippen LogP contribution in [0.5, 0.6) is 0 Å². The highest BCUT2D eigenvalue weighted by Crippen LogP contribution is 2.18. The fourth-order valence-corrected chi connectivity index (χ4v) is 2.85. The first kappa shape index (κ1) is 12.5. The predicted molar refractivity (Wildman–Crippen MR) is 71.3 cm³/mol. The normalized spacial score (nSPS) is 10.8. The Morgan fingerprint density at radius 2 is 2.12 bits per heavy atom. The van der Waals surface area contributed by atoms with Gasteiger partial charge in [-0.15, -0.1) is 0 Å². The third kappa shape index (κ3) is 2.50. The Morgan fingerprint density at radius 1 is 1.41 bits per heavy atom. The van der Waals surface area contributed by atoms with Crippen molar-refractivity contribution >= 4 is 27.3 Å². The van der Waals surface area contributed by atoms with Gasteiger partial charge >= 0.3 is 4.87 Å². The zero-order chi connectivity index (χ0) is 12.6. The Kier molecular flexibility index (Phi) is 3.49. The highest BCUT2D eigenvalue weighted by atomic mass is 79.9. The lowest BCUT2D eigenvalue weighted by Gasteiger charge is -2.06. The van der Waals surface area contributed by atoms with Crippen LogP contribution in [0.25, 0.3) is 0 Å². The second-order valence-electron chi connectivity index (χ2n) is 3.84. The van der Waals surface area contributed by atoms with E-state index in [9.17, 15) is 9.18 Å². The first-order valence-electron chi connectivity index (χ1n) is 5.10. The molecule has 0 aliphatic carbocycles. The number of hydrogen-bond donors (Lipinski definition) is 0. The lowest BCUT2D eigenvalue weighted by Crippen LogP contribution is -2.15. The molecule has 0 N–H and O–H groups in total. The van der Waals surface area contributed by atoms with Gasteiger partial charge in [-0.2, -0.15) is 0 Å². The van der Waals surface area contributed by atoms with Crippen molar-refractivity contribution in [3.8, 4) is 0 Å². The monoisotopic (exact) mass is 315 g/mol. The molecule has 17 heavy (non-hydrogen) atoms. The van der Waals surface area contributed by atoms with Gasteiger partial charge in [0, 0.05) is 10.6 Å². The molecular weight excluding hydrogens is 305 g/mol. The molecular formula is C12H11BrFNOS. The summed E-state index contributed by atoms with van der Waals surface area (Å²) in [6.07, 6.45) is 0. The maximum absolute atomic E-state index is 13.1. The topological polar surface area (TPSA) is 22.0 Å². The molecule has 0 radical (unpaired) electrons. The molecule has 0 saturated carbocycles. The highest BCUT2D eigenvalue weighted by Gasteiger charge is 2.08. The molecule has 2 rings (SSSR count). The van der Waals surface area contributed by atoms with Crippen molar-refractivity contribution in [2.45, 2.75) is 20.4 Å². The van der Waals surface area contributed by atoms with Gasteiger partial charge in [-0.3, -0.25) is 9.36 Å². The van der Waals surface area contributed by atoms with Crippen LogP contribution < -0.4 is 4.87 Å². The zero-order valence-electron chi connectivity index (χ0n) is 9.46. The van der Waals surface area contributed by atoms with Gasteiger partial charge in [0.2, 0.25) is 0 Å². The molecule has 0 bridgehead atoms. The fourth-order valence-electron chi connectivity index (χ4n) is 1.59. The van der Waals surface area contributed by atoms with Gasteiger partial charge in [-0.25, -0.2) is 4.39 Å². The lowest BCUT2D eigenvalue weighted by atomic mass is 10.2. The minimum atomic E-state index is -0.292. The molecule has 0 atom stereocenters. The van der Waals surface area contributed by atoms with Crippen molar-refractivity contribution in [2.75, 3.05) is 0 Å². The van der Waals surface area contributed by atoms with E-state index < -0.39 is 0 Å². The molecule has 2 nitrogen and oxygen atoms in total. The number of benzene rings is 1. The summed E-state index contributed by atoms with van der Waals surface area (Å²) in [6, 6.07) is 4.80. The molecule has 0 saturated heterocycles. The smallest absolute Gasteiger partial charge is 0.299 e. The van der Waals surface area contributed by atoms with Gasteiger partial charge in [-0.05, 0) is 47.5 Å². The maximum Gasteiger partial charge on any atom is 0.307 e. The second-order valence-corrected chi connectivity index (χ2v) is 5.86. The third-order valence-corrected chi connectivity index (χ3v) is 4.30. The van der Waals surface area contributed by atoms with Crippen LogP contribution in [-0.2, 0) is 6.54 Å². The van der Waals surface area contributed by atoms with Crippen LogP contribution in [0, 0.1) is 19.7 Å². The molecule has 1 aromatic carbocycles. The van der Waals surface area contributed by atoms with Gasteiger partial charge in [0.05, 0.1) is 11.0 Å². The molecule has 0 spiro atoms. The van der Waals surface area contributed by atoms with E-state index in [0.717, 1.165) is 16.1 Å². The summed E-state index contributed by atoms with van der Waals surface area (Å²) < 4.78 is 15.2. The Hall–Kier alpha value is -0.940. The van der Waals surface area contributed by atoms with Gasteiger partial charge in [-0.1, -0.05) is 17.4 Å². The molecule has 5 heteroatoms. The van der Waals surface area contributed by atoms with Gasteiger partial charge < -0.3 is 0 Å². The summed E-state index contributed by atoms with van der Waals surface area (Å²) in [6.45, 7) is 4.33. The molecule has 90 valence electrons. The minimum Gasteiger partial charge on any atom is -0.299 e. The molecule has 0 fully saturated rings. The maximum atomic E-state index is 13.1. The largest absolute Gasteiger partial charge is 0.307 e. The summed E-state index contributed by atoms with van der Waals surface area (Å²) in [5.41, 5.74) is 1.88. The van der Waals surface area contributed by atoms with E-state index in [1.807, 2.05) is 13.8 Å². The molecule has 0 amide bonds.